The van der Waals surface area contributed by atoms with Crippen molar-refractivity contribution in [2.75, 3.05) is 85.5 Å². The Morgan fingerprint density at radius 1 is 0.403 bits per heavy atom. The van der Waals surface area contributed by atoms with Crippen LogP contribution in [0.25, 0.3) is 0 Å². The molecule has 0 aromatic heterocycles. The summed E-state index contributed by atoms with van der Waals surface area (Å²) in [7, 11) is 0. The van der Waals surface area contributed by atoms with Crippen LogP contribution in [0.5, 0.6) is 0 Å². The van der Waals surface area contributed by atoms with E-state index in [-0.39, 0.29) is 146 Å². The SMILES string of the molecule is CC(C)C[C@H](C)C(=O)[C@@]1(C)CO1.CC(C)C[C@H](NC(=O)C(F)(F)F)C(=O)[C@@]1(C)CO1.CC(C)C[C@H](NC(=O)[C@H](CCc1ccccc1)CC(=O)CN1CCOCC1)C(=O)C[C@@H](Cc1ccccc1)C(=O)N[C@@H](CC(C)C)C(=O)[C@@]1(C)CO1.CC(C)C[C@H](NC(=O)[C@H](CCc1ccccc1)CC(=O)CN1CCOCC1)C(=O)C[C@@H](Cc1ccccc1)C(=O)O.F.[HH]. The fourth-order valence-electron chi connectivity index (χ4n) is 15.2. The number of hydrogen-bond acceptors (Lipinski definition) is 19. The Labute approximate surface area is 732 Å². The molecule has 12 atom stereocenters. The minimum absolute atomic E-state index is 0. The smallest absolute Gasteiger partial charge is 0.471 e. The highest BCUT2D eigenvalue weighted by atomic mass is 19.4. The van der Waals surface area contributed by atoms with Crippen LogP contribution in [0.15, 0.2) is 121 Å². The average Bonchev–Trinajstić information content (AvgIpc) is 1.65. The molecule has 5 saturated heterocycles. The van der Waals surface area contributed by atoms with Crippen molar-refractivity contribution in [3.8, 4) is 0 Å². The van der Waals surface area contributed by atoms with Gasteiger partial charge in [-0.1, -0.05) is 197 Å². The summed E-state index contributed by atoms with van der Waals surface area (Å²) in [5.74, 6) is -6.92. The summed E-state index contributed by atoms with van der Waals surface area (Å²) in [4.78, 5) is 160. The lowest BCUT2D eigenvalue weighted by atomic mass is 9.87. The summed E-state index contributed by atoms with van der Waals surface area (Å²) in [6, 6.07) is 34.9. The van der Waals surface area contributed by atoms with Gasteiger partial charge in [0.1, 0.15) is 28.4 Å². The van der Waals surface area contributed by atoms with E-state index in [4.69, 9.17) is 23.7 Å². The van der Waals surface area contributed by atoms with Crippen LogP contribution in [-0.2, 0) is 107 Å². The Bertz CT molecular complexity index is 4020. The molecule has 0 unspecified atom stereocenters. The highest BCUT2D eigenvalue weighted by molar-refractivity contribution is 6.00. The highest BCUT2D eigenvalue weighted by Crippen LogP contribution is 2.34. The third kappa shape index (κ3) is 38.7. The van der Waals surface area contributed by atoms with E-state index in [1.807, 2.05) is 182 Å². The zero-order valence-electron chi connectivity index (χ0n) is 75.3. The topological polar surface area (TPSA) is 336 Å². The predicted molar refractivity (Wildman–Crippen MR) is 467 cm³/mol. The van der Waals surface area contributed by atoms with E-state index in [0.29, 0.717) is 123 Å². The number of aliphatic carboxylic acids is 1. The third-order valence-corrected chi connectivity index (χ3v) is 22.5. The number of alkyl halides is 3. The first-order chi connectivity index (χ1) is 58.0. The van der Waals surface area contributed by atoms with Crippen LogP contribution < -0.4 is 21.3 Å². The zero-order chi connectivity index (χ0) is 90.8. The molecule has 5 N–H and O–H groups in total. The van der Waals surface area contributed by atoms with Gasteiger partial charge in [0.2, 0.25) is 17.7 Å². The van der Waals surface area contributed by atoms with Gasteiger partial charge in [-0.25, -0.2) is 0 Å². The largest absolute Gasteiger partial charge is 0.481 e. The van der Waals surface area contributed by atoms with E-state index in [0.717, 1.165) is 28.7 Å². The van der Waals surface area contributed by atoms with Crippen LogP contribution in [0.4, 0.5) is 17.9 Å². The molecule has 24 nitrogen and oxygen atoms in total. The van der Waals surface area contributed by atoms with Crippen molar-refractivity contribution in [3.63, 3.8) is 0 Å². The molecule has 0 spiro atoms. The van der Waals surface area contributed by atoms with Crippen LogP contribution in [0.1, 0.15) is 191 Å². The Balaban J connectivity index is 0.000000394. The molecule has 5 heterocycles. The molecule has 0 bridgehead atoms. The summed E-state index contributed by atoms with van der Waals surface area (Å²) < 4.78 is 62.8. The number of ether oxygens (including phenoxy) is 5. The molecule has 5 fully saturated rings. The second-order valence-electron chi connectivity index (χ2n) is 36.6. The molecule has 5 aliphatic heterocycles. The van der Waals surface area contributed by atoms with Crippen molar-refractivity contribution >= 4 is 70.1 Å². The van der Waals surface area contributed by atoms with Crippen LogP contribution in [0.2, 0.25) is 0 Å². The van der Waals surface area contributed by atoms with Gasteiger partial charge in [0.15, 0.2) is 28.9 Å². The molecule has 4 aromatic rings. The van der Waals surface area contributed by atoms with E-state index in [9.17, 15) is 75.8 Å². The maximum atomic E-state index is 14.2. The molecule has 4 aromatic carbocycles. The van der Waals surface area contributed by atoms with Crippen molar-refractivity contribution in [1.29, 1.82) is 0 Å². The first kappa shape index (κ1) is 106. The van der Waals surface area contributed by atoms with E-state index in [2.05, 4.69) is 34.7 Å². The molecular formula is C96H140F4N6O18. The zero-order valence-corrected chi connectivity index (χ0v) is 75.3. The number of ketones is 7. The number of nitrogens with one attached hydrogen (secondary N) is 4. The minimum Gasteiger partial charge on any atom is -0.481 e. The van der Waals surface area contributed by atoms with Crippen molar-refractivity contribution in [2.45, 2.75) is 240 Å². The van der Waals surface area contributed by atoms with Crippen molar-refractivity contribution in [2.24, 2.45) is 59.2 Å². The van der Waals surface area contributed by atoms with Gasteiger partial charge in [-0.05, 0) is 143 Å². The second-order valence-corrected chi connectivity index (χ2v) is 36.6. The molecule has 9 rings (SSSR count). The predicted octanol–water partition coefficient (Wildman–Crippen LogP) is 12.6. The van der Waals surface area contributed by atoms with E-state index < -0.39 is 88.5 Å². The average molecular weight is 1740 g/mol. The molecular weight excluding hydrogens is 1600 g/mol. The van der Waals surface area contributed by atoms with Gasteiger partial charge < -0.3 is 50.1 Å². The van der Waals surface area contributed by atoms with E-state index in [1.54, 1.807) is 26.1 Å². The normalized spacial score (nSPS) is 20.1. The van der Waals surface area contributed by atoms with Crippen LogP contribution in [-0.4, -0.2) is 218 Å². The lowest BCUT2D eigenvalue weighted by molar-refractivity contribution is -0.175. The molecule has 0 saturated carbocycles. The first-order valence-corrected chi connectivity index (χ1v) is 44.0. The number of epoxide rings is 3. The maximum absolute atomic E-state index is 14.2. The maximum Gasteiger partial charge on any atom is 0.471 e. The third-order valence-electron chi connectivity index (χ3n) is 22.5. The Hall–Kier alpha value is -8.64. The Kier molecular flexibility index (Phi) is 44.3. The number of halogens is 4. The van der Waals surface area contributed by atoms with Crippen molar-refractivity contribution in [3.05, 3.63) is 144 Å². The summed E-state index contributed by atoms with van der Waals surface area (Å²) in [5, 5.41) is 20.5. The van der Waals surface area contributed by atoms with Crippen LogP contribution in [0, 0.1) is 59.2 Å². The molecule has 4 amide bonds. The lowest BCUT2D eigenvalue weighted by Gasteiger charge is -2.28. The fraction of sp³-hybridized carbons (Fsp3) is 0.625. The number of carbonyl (C=O) groups is 12. The quantitative estimate of drug-likeness (QED) is 0.0203. The van der Waals surface area contributed by atoms with Gasteiger partial charge in [0, 0.05) is 77.0 Å². The summed E-state index contributed by atoms with van der Waals surface area (Å²) in [5.41, 5.74) is 1.52. The van der Waals surface area contributed by atoms with Crippen LogP contribution >= 0.6 is 0 Å². The van der Waals surface area contributed by atoms with Gasteiger partial charge in [-0.2, -0.15) is 13.2 Å². The number of carboxylic acid groups (broad SMARTS) is 1. The number of rotatable bonds is 48. The van der Waals surface area contributed by atoms with Gasteiger partial charge in [-0.3, -0.25) is 72.0 Å². The van der Waals surface area contributed by atoms with Crippen molar-refractivity contribution in [1.82, 2.24) is 31.1 Å². The molecule has 0 radical (unpaired) electrons. The molecule has 5 aliphatic rings. The number of hydrogen-bond donors (Lipinski definition) is 5. The van der Waals surface area contributed by atoms with Gasteiger partial charge in [0.05, 0.1) is 89.4 Å². The number of aryl methyl sites for hydroxylation is 2. The van der Waals surface area contributed by atoms with Gasteiger partial charge >= 0.3 is 18.1 Å². The number of carboxylic acids is 1. The Morgan fingerprint density at radius 3 is 1.02 bits per heavy atom. The van der Waals surface area contributed by atoms with Crippen LogP contribution in [0.3, 0.4) is 0 Å². The molecule has 28 heteroatoms. The second kappa shape index (κ2) is 51.8. The monoisotopic (exact) mass is 1740 g/mol. The summed E-state index contributed by atoms with van der Waals surface area (Å²) >= 11 is 0. The van der Waals surface area contributed by atoms with Crippen molar-refractivity contribution < 1.29 is 106 Å². The lowest BCUT2D eigenvalue weighted by Crippen LogP contribution is -2.50. The summed E-state index contributed by atoms with van der Waals surface area (Å²) in [6.07, 6.45) is -0.0315. The molecule has 690 valence electrons. The number of carbonyl (C=O) groups excluding carboxylic acids is 11. The number of amides is 4. The molecule has 124 heavy (non-hydrogen) atoms. The number of benzene rings is 4. The van der Waals surface area contributed by atoms with E-state index in [1.165, 1.54) is 6.92 Å². The van der Waals surface area contributed by atoms with Gasteiger partial charge in [-0.15, -0.1) is 0 Å². The Morgan fingerprint density at radius 2 is 0.694 bits per heavy atom. The minimum atomic E-state index is -4.99. The standard InChI is InChI=1S/C42H59N3O7.C33H44N2O6.C11H16F3NO3.C10H18O2.FH.H2/c1-29(2)22-36(43-40(49)33(17-16-31-12-8-6-9-13-31)25-35(46)27-45-18-20-51-21-19-45)38(47)26-34(24-32-14-10-7-11-15-32)41(50)44-37(23-30(3)4)39(48)42(5)28-52-42;1-24(2)19-30(31(37)22-28(33(39)40)20-26-11-7-4-8-12-26)34-32(38)27(14-13-25-9-5-3-6-10-25)21-29(36)23-35-15-17-41-18-16-35;1-6(2)4-7(8(16)10(3)5-18-10)15-9(17)11(12,13)14;1-7(2)5-8(3)9(11)10(4)6-12-10;;/h6-15,29-30,33-34,36-37H,16-28H2,1-5H3,(H,43,49)(H,44,50);3-12,24,27-28,30H,13-23H2,1-2H3,(H,34,38)(H,39,40);6-7H,4-5H2,1-3H3,(H,15,17);7-8H,5-6H2,1-4H3;2*1H/t33-,34-,36+,37+,42-;27-,28-,30+;7-,10+;8-,10+;;/m1100../s1. The highest BCUT2D eigenvalue weighted by Gasteiger charge is 2.53. The fourth-order valence-corrected chi connectivity index (χ4v) is 15.2. The van der Waals surface area contributed by atoms with E-state index >= 15 is 0 Å². The summed E-state index contributed by atoms with van der Waals surface area (Å²) in [6.45, 7) is 33.5. The number of Topliss-reactive ketones (excluding diaryl/α,β-unsaturated/α-hetero) is 7. The number of nitrogens with zero attached hydrogens (tertiary/aromatic N) is 2. The first-order valence-electron chi connectivity index (χ1n) is 44.0. The van der Waals surface area contributed by atoms with Gasteiger partial charge in [0.25, 0.3) is 0 Å². The number of morpholine rings is 2. The molecule has 0 aliphatic carbocycles.